The first-order valence-corrected chi connectivity index (χ1v) is 13.2. The molecule has 0 spiro atoms. The summed E-state index contributed by atoms with van der Waals surface area (Å²) in [7, 11) is -3.63. The Kier molecular flexibility index (Phi) is 8.70. The Bertz CT molecular complexity index is 1220. The lowest BCUT2D eigenvalue weighted by Crippen LogP contribution is -2.37. The average molecular weight is 496 g/mol. The minimum atomic E-state index is -3.63. The van der Waals surface area contributed by atoms with E-state index in [-0.39, 0.29) is 0 Å². The molecule has 0 radical (unpaired) electrons. The van der Waals surface area contributed by atoms with Crippen LogP contribution in [0, 0.1) is 0 Å². The molecule has 0 bridgehead atoms. The molecule has 6 nitrogen and oxygen atoms in total. The van der Waals surface area contributed by atoms with Gasteiger partial charge in [-0.25, -0.2) is 13.2 Å². The summed E-state index contributed by atoms with van der Waals surface area (Å²) in [4.78, 5) is 11.5. The Hall–Kier alpha value is -3.16. The van der Waals surface area contributed by atoms with Crippen molar-refractivity contribution in [1.82, 2.24) is 4.31 Å². The second kappa shape index (κ2) is 11.5. The van der Waals surface area contributed by atoms with Crippen molar-refractivity contribution in [3.8, 4) is 16.9 Å². The van der Waals surface area contributed by atoms with Crippen LogP contribution in [-0.4, -0.2) is 42.5 Å². The van der Waals surface area contributed by atoms with E-state index in [1.54, 1.807) is 34.6 Å². The third-order valence-corrected chi connectivity index (χ3v) is 7.63. The van der Waals surface area contributed by atoms with E-state index >= 15 is 0 Å². The standard InChI is InChI=1S/C28H33NO5S/c1-4-19-29(20-9-10-22-15-17-25(18-16-22)34-28(2,3)27(30)31)35(32,33)26-14-8-13-24(21-26)23-11-6-5-7-12-23/h5-8,11-18,21H,4,9-10,19-20H2,1-3H3,(H,30,31). The van der Waals surface area contributed by atoms with Gasteiger partial charge in [0.25, 0.3) is 0 Å². The number of nitrogens with zero attached hydrogens (tertiary/aromatic N) is 1. The van der Waals surface area contributed by atoms with Gasteiger partial charge in [-0.15, -0.1) is 0 Å². The number of carbonyl (C=O) groups is 1. The first-order chi connectivity index (χ1) is 16.6. The quantitative estimate of drug-likeness (QED) is 0.352. The molecule has 3 aromatic rings. The molecule has 0 saturated heterocycles. The predicted octanol–water partition coefficient (Wildman–Crippen LogP) is 5.63. The highest BCUT2D eigenvalue weighted by Crippen LogP contribution is 2.25. The number of sulfonamides is 1. The van der Waals surface area contributed by atoms with Crippen LogP contribution < -0.4 is 4.74 Å². The van der Waals surface area contributed by atoms with Gasteiger partial charge in [-0.1, -0.05) is 61.5 Å². The molecular formula is C28H33NO5S. The highest BCUT2D eigenvalue weighted by molar-refractivity contribution is 7.89. The molecule has 0 amide bonds. The molecule has 35 heavy (non-hydrogen) atoms. The minimum Gasteiger partial charge on any atom is -0.478 e. The summed E-state index contributed by atoms with van der Waals surface area (Å²) in [5.41, 5.74) is 1.57. The number of rotatable bonds is 12. The number of benzene rings is 3. The molecule has 0 aliphatic carbocycles. The lowest BCUT2D eigenvalue weighted by molar-refractivity contribution is -0.152. The number of aryl methyl sites for hydroxylation is 1. The van der Waals surface area contributed by atoms with Gasteiger partial charge in [-0.05, 0) is 74.1 Å². The first-order valence-electron chi connectivity index (χ1n) is 11.8. The molecule has 7 heteroatoms. The van der Waals surface area contributed by atoms with Gasteiger partial charge in [0.2, 0.25) is 10.0 Å². The maximum absolute atomic E-state index is 13.4. The maximum Gasteiger partial charge on any atom is 0.347 e. The molecule has 186 valence electrons. The largest absolute Gasteiger partial charge is 0.478 e. The third-order valence-electron chi connectivity index (χ3n) is 5.74. The Labute approximate surface area is 208 Å². The molecule has 0 atom stereocenters. The van der Waals surface area contributed by atoms with Crippen molar-refractivity contribution in [3.05, 3.63) is 84.4 Å². The SMILES string of the molecule is CCCN(CCCc1ccc(OC(C)(C)C(=O)O)cc1)S(=O)(=O)c1cccc(-c2ccccc2)c1. The Morgan fingerprint density at radius 1 is 0.914 bits per heavy atom. The van der Waals surface area contributed by atoms with Crippen LogP contribution in [0.15, 0.2) is 83.8 Å². The van der Waals surface area contributed by atoms with Crippen LogP contribution in [0.5, 0.6) is 5.75 Å². The zero-order valence-corrected chi connectivity index (χ0v) is 21.3. The maximum atomic E-state index is 13.4. The molecule has 0 saturated carbocycles. The average Bonchev–Trinajstić information content (AvgIpc) is 2.85. The van der Waals surface area contributed by atoms with Gasteiger partial charge in [-0.2, -0.15) is 4.31 Å². The topological polar surface area (TPSA) is 83.9 Å². The first kappa shape index (κ1) is 26.4. The van der Waals surface area contributed by atoms with Crippen molar-refractivity contribution in [3.63, 3.8) is 0 Å². The molecule has 3 rings (SSSR count). The third kappa shape index (κ3) is 6.93. The summed E-state index contributed by atoms with van der Waals surface area (Å²) < 4.78 is 34.0. The monoisotopic (exact) mass is 495 g/mol. The van der Waals surface area contributed by atoms with Crippen LogP contribution in [0.1, 0.15) is 39.2 Å². The zero-order chi connectivity index (χ0) is 25.5. The van der Waals surface area contributed by atoms with Crippen molar-refractivity contribution in [2.24, 2.45) is 0 Å². The fraction of sp³-hybridized carbons (Fsp3) is 0.321. The van der Waals surface area contributed by atoms with Gasteiger partial charge in [-0.3, -0.25) is 0 Å². The predicted molar refractivity (Wildman–Crippen MR) is 138 cm³/mol. The van der Waals surface area contributed by atoms with Gasteiger partial charge in [0, 0.05) is 13.1 Å². The molecule has 0 unspecified atom stereocenters. The van der Waals surface area contributed by atoms with Crippen molar-refractivity contribution >= 4 is 16.0 Å². The Balaban J connectivity index is 1.67. The molecule has 0 aliphatic heterocycles. The molecule has 0 fully saturated rings. The van der Waals surface area contributed by atoms with E-state index in [0.717, 1.165) is 23.1 Å². The van der Waals surface area contributed by atoms with Crippen molar-refractivity contribution in [1.29, 1.82) is 0 Å². The summed E-state index contributed by atoms with van der Waals surface area (Å²) in [6, 6.07) is 24.1. The lowest BCUT2D eigenvalue weighted by Gasteiger charge is -2.22. The van der Waals surface area contributed by atoms with Gasteiger partial charge in [0.15, 0.2) is 5.60 Å². The van der Waals surface area contributed by atoms with Crippen LogP contribution >= 0.6 is 0 Å². The highest BCUT2D eigenvalue weighted by atomic mass is 32.2. The van der Waals surface area contributed by atoms with Crippen molar-refractivity contribution in [2.45, 2.75) is 50.5 Å². The van der Waals surface area contributed by atoms with Gasteiger partial charge in [0.05, 0.1) is 4.90 Å². The molecule has 1 N–H and O–H groups in total. The minimum absolute atomic E-state index is 0.301. The number of hydrogen-bond donors (Lipinski definition) is 1. The highest BCUT2D eigenvalue weighted by Gasteiger charge is 2.29. The molecule has 0 aliphatic rings. The molecule has 3 aromatic carbocycles. The molecular weight excluding hydrogens is 462 g/mol. The summed E-state index contributed by atoms with van der Waals surface area (Å²) >= 11 is 0. The van der Waals surface area contributed by atoms with E-state index in [0.29, 0.717) is 36.6 Å². The van der Waals surface area contributed by atoms with E-state index in [4.69, 9.17) is 4.74 Å². The second-order valence-corrected chi connectivity index (χ2v) is 10.9. The van der Waals surface area contributed by atoms with Crippen molar-refractivity contribution in [2.75, 3.05) is 13.1 Å². The fourth-order valence-corrected chi connectivity index (χ4v) is 5.36. The van der Waals surface area contributed by atoms with Crippen LogP contribution in [0.25, 0.3) is 11.1 Å². The summed E-state index contributed by atoms with van der Waals surface area (Å²) in [5.74, 6) is -0.553. The van der Waals surface area contributed by atoms with Crippen molar-refractivity contribution < 1.29 is 23.1 Å². The lowest BCUT2D eigenvalue weighted by atomic mass is 10.1. The summed E-state index contributed by atoms with van der Waals surface area (Å²) in [5, 5.41) is 9.21. The Morgan fingerprint density at radius 3 is 2.20 bits per heavy atom. The van der Waals surface area contributed by atoms with Crippen LogP contribution in [0.2, 0.25) is 0 Å². The van der Waals surface area contributed by atoms with E-state index in [1.165, 1.54) is 13.8 Å². The van der Waals surface area contributed by atoms with E-state index in [9.17, 15) is 18.3 Å². The smallest absolute Gasteiger partial charge is 0.347 e. The Morgan fingerprint density at radius 2 is 1.57 bits per heavy atom. The fourth-order valence-electron chi connectivity index (χ4n) is 3.74. The van der Waals surface area contributed by atoms with Gasteiger partial charge >= 0.3 is 5.97 Å². The number of carboxylic acid groups (broad SMARTS) is 1. The van der Waals surface area contributed by atoms with Gasteiger partial charge < -0.3 is 9.84 Å². The normalized spacial score (nSPS) is 12.0. The number of ether oxygens (including phenoxy) is 1. The number of aliphatic carboxylic acids is 1. The van der Waals surface area contributed by atoms with Crippen LogP contribution in [-0.2, 0) is 21.2 Å². The van der Waals surface area contributed by atoms with E-state index in [2.05, 4.69) is 0 Å². The molecule has 0 aromatic heterocycles. The summed E-state index contributed by atoms with van der Waals surface area (Å²) in [6.45, 7) is 5.84. The van der Waals surface area contributed by atoms with Crippen LogP contribution in [0.3, 0.4) is 0 Å². The summed E-state index contributed by atoms with van der Waals surface area (Å²) in [6.07, 6.45) is 2.09. The number of carboxylic acids is 1. The molecule has 0 heterocycles. The van der Waals surface area contributed by atoms with E-state index < -0.39 is 21.6 Å². The zero-order valence-electron chi connectivity index (χ0n) is 20.5. The second-order valence-electron chi connectivity index (χ2n) is 8.96. The van der Waals surface area contributed by atoms with Gasteiger partial charge in [0.1, 0.15) is 5.75 Å². The van der Waals surface area contributed by atoms with Crippen LogP contribution in [0.4, 0.5) is 0 Å². The van der Waals surface area contributed by atoms with E-state index in [1.807, 2.05) is 55.5 Å². The number of hydrogen-bond acceptors (Lipinski definition) is 4.